The number of carbonyl (C=O) groups is 2. The van der Waals surface area contributed by atoms with Gasteiger partial charge in [0.1, 0.15) is 0 Å². The van der Waals surface area contributed by atoms with E-state index in [-0.39, 0.29) is 23.3 Å². The Hall–Kier alpha value is -1.40. The number of hydrogen-bond donors (Lipinski definition) is 2. The van der Waals surface area contributed by atoms with Crippen LogP contribution in [0.2, 0.25) is 0 Å². The molecule has 1 aromatic heterocycles. The van der Waals surface area contributed by atoms with E-state index in [0.717, 1.165) is 12.8 Å². The van der Waals surface area contributed by atoms with Crippen LogP contribution in [0, 0.1) is 5.41 Å². The SMILES string of the molecule is CC(C)(C)[C@H](N)C(=O)N1CCC(NC(=O)c2ccsc2)CC1. The Labute approximate surface area is 135 Å². The summed E-state index contributed by atoms with van der Waals surface area (Å²) >= 11 is 1.51. The van der Waals surface area contributed by atoms with Crippen LogP contribution in [-0.2, 0) is 4.79 Å². The number of thiophene rings is 1. The van der Waals surface area contributed by atoms with Gasteiger partial charge in [0, 0.05) is 30.1 Å². The van der Waals surface area contributed by atoms with Crippen molar-refractivity contribution in [2.24, 2.45) is 11.1 Å². The molecule has 2 heterocycles. The summed E-state index contributed by atoms with van der Waals surface area (Å²) in [4.78, 5) is 26.2. The Kier molecular flexibility index (Phi) is 5.24. The molecule has 0 aromatic carbocycles. The van der Waals surface area contributed by atoms with Crippen molar-refractivity contribution in [3.05, 3.63) is 22.4 Å². The second kappa shape index (κ2) is 6.79. The summed E-state index contributed by atoms with van der Waals surface area (Å²) < 4.78 is 0. The molecule has 0 spiro atoms. The van der Waals surface area contributed by atoms with E-state index in [4.69, 9.17) is 5.73 Å². The number of nitrogens with zero attached hydrogens (tertiary/aromatic N) is 1. The first-order chi connectivity index (χ1) is 10.3. The van der Waals surface area contributed by atoms with Crippen molar-refractivity contribution in [3.8, 4) is 0 Å². The van der Waals surface area contributed by atoms with Gasteiger partial charge in [0.25, 0.3) is 5.91 Å². The monoisotopic (exact) mass is 323 g/mol. The molecule has 2 amide bonds. The quantitative estimate of drug-likeness (QED) is 0.891. The van der Waals surface area contributed by atoms with Crippen LogP contribution < -0.4 is 11.1 Å². The van der Waals surface area contributed by atoms with Gasteiger partial charge in [-0.15, -0.1) is 0 Å². The van der Waals surface area contributed by atoms with E-state index < -0.39 is 6.04 Å². The highest BCUT2D eigenvalue weighted by Crippen LogP contribution is 2.21. The molecular weight excluding hydrogens is 298 g/mol. The smallest absolute Gasteiger partial charge is 0.252 e. The van der Waals surface area contributed by atoms with Gasteiger partial charge in [0.05, 0.1) is 6.04 Å². The molecule has 6 heteroatoms. The van der Waals surface area contributed by atoms with E-state index in [1.54, 1.807) is 0 Å². The molecule has 122 valence electrons. The highest BCUT2D eigenvalue weighted by Gasteiger charge is 2.33. The van der Waals surface area contributed by atoms with Gasteiger partial charge in [-0.05, 0) is 29.7 Å². The maximum absolute atomic E-state index is 12.4. The van der Waals surface area contributed by atoms with Gasteiger partial charge in [-0.25, -0.2) is 0 Å². The molecule has 2 rings (SSSR count). The fourth-order valence-electron chi connectivity index (χ4n) is 2.47. The largest absolute Gasteiger partial charge is 0.349 e. The molecule has 22 heavy (non-hydrogen) atoms. The van der Waals surface area contributed by atoms with Crippen LogP contribution in [0.5, 0.6) is 0 Å². The molecule has 1 aromatic rings. The molecular formula is C16H25N3O2S. The van der Waals surface area contributed by atoms with Crippen LogP contribution >= 0.6 is 11.3 Å². The molecule has 1 saturated heterocycles. The molecule has 1 aliphatic heterocycles. The summed E-state index contributed by atoms with van der Waals surface area (Å²) in [6, 6.07) is 1.47. The van der Waals surface area contributed by atoms with E-state index in [1.165, 1.54) is 11.3 Å². The lowest BCUT2D eigenvalue weighted by molar-refractivity contribution is -0.136. The topological polar surface area (TPSA) is 75.4 Å². The predicted molar refractivity (Wildman–Crippen MR) is 88.8 cm³/mol. The summed E-state index contributed by atoms with van der Waals surface area (Å²) in [6.45, 7) is 7.23. The Balaban J connectivity index is 1.83. The minimum atomic E-state index is -0.482. The standard InChI is InChI=1S/C16H25N3O2S/c1-16(2,3)13(17)15(21)19-7-4-12(5-8-19)18-14(20)11-6-9-22-10-11/h6,9-10,12-13H,4-5,7-8,17H2,1-3H3,(H,18,20)/t13-/m1/s1. The number of amides is 2. The van der Waals surface area contributed by atoms with Gasteiger partial charge < -0.3 is 16.0 Å². The molecule has 0 saturated carbocycles. The lowest BCUT2D eigenvalue weighted by Gasteiger charge is -2.36. The van der Waals surface area contributed by atoms with E-state index in [0.29, 0.717) is 18.7 Å². The highest BCUT2D eigenvalue weighted by molar-refractivity contribution is 7.08. The van der Waals surface area contributed by atoms with E-state index in [9.17, 15) is 9.59 Å². The molecule has 0 unspecified atom stereocenters. The third kappa shape index (κ3) is 4.08. The maximum atomic E-state index is 12.4. The molecule has 3 N–H and O–H groups in total. The van der Waals surface area contributed by atoms with Gasteiger partial charge in [-0.3, -0.25) is 9.59 Å². The highest BCUT2D eigenvalue weighted by atomic mass is 32.1. The van der Waals surface area contributed by atoms with Crippen molar-refractivity contribution in [1.82, 2.24) is 10.2 Å². The first-order valence-corrected chi connectivity index (χ1v) is 8.61. The summed E-state index contributed by atoms with van der Waals surface area (Å²) in [7, 11) is 0. The predicted octanol–water partition coefficient (Wildman–Crippen LogP) is 1.84. The van der Waals surface area contributed by atoms with Gasteiger partial charge in [0.15, 0.2) is 0 Å². The zero-order valence-corrected chi connectivity index (χ0v) is 14.3. The Morgan fingerprint density at radius 3 is 2.50 bits per heavy atom. The van der Waals surface area contributed by atoms with Crippen molar-refractivity contribution >= 4 is 23.2 Å². The third-order valence-electron chi connectivity index (χ3n) is 4.12. The van der Waals surface area contributed by atoms with E-state index in [1.807, 2.05) is 42.5 Å². The fourth-order valence-corrected chi connectivity index (χ4v) is 3.11. The van der Waals surface area contributed by atoms with Crippen molar-refractivity contribution < 1.29 is 9.59 Å². The van der Waals surface area contributed by atoms with Gasteiger partial charge in [-0.1, -0.05) is 20.8 Å². The Morgan fingerprint density at radius 1 is 1.36 bits per heavy atom. The summed E-state index contributed by atoms with van der Waals surface area (Å²) in [6.07, 6.45) is 1.55. The first-order valence-electron chi connectivity index (χ1n) is 7.66. The number of carbonyl (C=O) groups excluding carboxylic acids is 2. The zero-order chi connectivity index (χ0) is 16.3. The lowest BCUT2D eigenvalue weighted by Crippen LogP contribution is -2.54. The average Bonchev–Trinajstić information content (AvgIpc) is 3.00. The molecule has 5 nitrogen and oxygen atoms in total. The second-order valence-corrected chi connectivity index (χ2v) is 7.71. The summed E-state index contributed by atoms with van der Waals surface area (Å²) in [5, 5.41) is 6.78. The summed E-state index contributed by atoms with van der Waals surface area (Å²) in [5.41, 5.74) is 6.52. The van der Waals surface area contributed by atoms with Crippen LogP contribution in [0.1, 0.15) is 44.0 Å². The number of nitrogens with two attached hydrogens (primary N) is 1. The van der Waals surface area contributed by atoms with Crippen LogP contribution in [0.25, 0.3) is 0 Å². The molecule has 0 radical (unpaired) electrons. The molecule has 1 fully saturated rings. The van der Waals surface area contributed by atoms with Crippen molar-refractivity contribution in [1.29, 1.82) is 0 Å². The number of nitrogens with one attached hydrogen (secondary N) is 1. The normalized spacial score (nSPS) is 18.1. The van der Waals surface area contributed by atoms with Crippen LogP contribution in [-0.4, -0.2) is 41.9 Å². The third-order valence-corrected chi connectivity index (χ3v) is 4.81. The Morgan fingerprint density at radius 2 is 2.00 bits per heavy atom. The van der Waals surface area contributed by atoms with Gasteiger partial charge in [-0.2, -0.15) is 11.3 Å². The number of hydrogen-bond acceptors (Lipinski definition) is 4. The first kappa shape index (κ1) is 17.0. The van der Waals surface area contributed by atoms with Gasteiger partial charge >= 0.3 is 0 Å². The van der Waals surface area contributed by atoms with Gasteiger partial charge in [0.2, 0.25) is 5.91 Å². The van der Waals surface area contributed by atoms with E-state index >= 15 is 0 Å². The minimum absolute atomic E-state index is 0.00936. The minimum Gasteiger partial charge on any atom is -0.349 e. The molecule has 1 aliphatic rings. The van der Waals surface area contributed by atoms with Crippen LogP contribution in [0.15, 0.2) is 16.8 Å². The van der Waals surface area contributed by atoms with Crippen molar-refractivity contribution in [2.75, 3.05) is 13.1 Å². The van der Waals surface area contributed by atoms with Crippen LogP contribution in [0.4, 0.5) is 0 Å². The van der Waals surface area contributed by atoms with Crippen LogP contribution in [0.3, 0.4) is 0 Å². The van der Waals surface area contributed by atoms with Crippen molar-refractivity contribution in [3.63, 3.8) is 0 Å². The fraction of sp³-hybridized carbons (Fsp3) is 0.625. The zero-order valence-electron chi connectivity index (χ0n) is 13.5. The number of piperidine rings is 1. The number of rotatable bonds is 3. The lowest BCUT2D eigenvalue weighted by atomic mass is 9.86. The number of likely N-dealkylation sites (tertiary alicyclic amines) is 1. The summed E-state index contributed by atoms with van der Waals surface area (Å²) in [5.74, 6) is -0.0208. The van der Waals surface area contributed by atoms with Crippen molar-refractivity contribution in [2.45, 2.75) is 45.7 Å². The molecule has 1 atom stereocenters. The average molecular weight is 323 g/mol. The molecule has 0 aliphatic carbocycles. The van der Waals surface area contributed by atoms with E-state index in [2.05, 4.69) is 5.32 Å². The Bertz CT molecular complexity index is 514. The second-order valence-electron chi connectivity index (χ2n) is 6.93. The molecule has 0 bridgehead atoms. The maximum Gasteiger partial charge on any atom is 0.252 e.